The van der Waals surface area contributed by atoms with Crippen molar-refractivity contribution in [3.05, 3.63) is 70.0 Å². The van der Waals surface area contributed by atoms with E-state index in [-0.39, 0.29) is 11.9 Å². The third-order valence-corrected chi connectivity index (χ3v) is 3.74. The zero-order valence-corrected chi connectivity index (χ0v) is 11.8. The molecule has 0 spiro atoms. The summed E-state index contributed by atoms with van der Waals surface area (Å²) in [6.45, 7) is 2.06. The fourth-order valence-corrected chi connectivity index (χ4v) is 2.52. The summed E-state index contributed by atoms with van der Waals surface area (Å²) in [6.07, 6.45) is 0.535. The maximum Gasteiger partial charge on any atom is 0.127 e. The average Bonchev–Trinajstić information content (AvgIpc) is 2.40. The normalized spacial score (nSPS) is 12.4. The van der Waals surface area contributed by atoms with Gasteiger partial charge in [0.2, 0.25) is 0 Å². The van der Waals surface area contributed by atoms with E-state index in [4.69, 9.17) is 11.6 Å². The number of aryl methyl sites for hydroxylation is 1. The number of hydrogen-bond donors (Lipinski definition) is 1. The van der Waals surface area contributed by atoms with Crippen molar-refractivity contribution in [1.82, 2.24) is 5.32 Å². The third-order valence-electron chi connectivity index (χ3n) is 3.38. The molecule has 0 amide bonds. The van der Waals surface area contributed by atoms with Crippen LogP contribution in [0.25, 0.3) is 0 Å². The van der Waals surface area contributed by atoms with Crippen LogP contribution in [0.1, 0.15) is 22.7 Å². The van der Waals surface area contributed by atoms with Crippen molar-refractivity contribution in [3.63, 3.8) is 0 Å². The lowest BCUT2D eigenvalue weighted by Crippen LogP contribution is -2.20. The first-order chi connectivity index (χ1) is 9.13. The summed E-state index contributed by atoms with van der Waals surface area (Å²) in [5.74, 6) is -0.249. The van der Waals surface area contributed by atoms with Crippen LogP contribution in [0.3, 0.4) is 0 Å². The topological polar surface area (TPSA) is 12.0 Å². The predicted molar refractivity (Wildman–Crippen MR) is 78.1 cm³/mol. The SMILES string of the molecule is CNC(Cc1c(F)cccc1Cl)c1ccccc1C. The van der Waals surface area contributed by atoms with Crippen LogP contribution in [0, 0.1) is 12.7 Å². The number of likely N-dealkylation sites (N-methyl/N-ethyl adjacent to an activating group) is 1. The molecule has 1 atom stereocenters. The van der Waals surface area contributed by atoms with Crippen LogP contribution in [0.2, 0.25) is 5.02 Å². The Labute approximate surface area is 118 Å². The van der Waals surface area contributed by atoms with Gasteiger partial charge >= 0.3 is 0 Å². The third kappa shape index (κ3) is 3.14. The number of benzene rings is 2. The van der Waals surface area contributed by atoms with Gasteiger partial charge in [0.25, 0.3) is 0 Å². The first-order valence-electron chi connectivity index (χ1n) is 6.29. The lowest BCUT2D eigenvalue weighted by molar-refractivity contribution is 0.553. The van der Waals surface area contributed by atoms with Crippen LogP contribution >= 0.6 is 11.6 Å². The summed E-state index contributed by atoms with van der Waals surface area (Å²) < 4.78 is 13.9. The molecule has 0 aliphatic rings. The van der Waals surface area contributed by atoms with E-state index in [2.05, 4.69) is 24.4 Å². The summed E-state index contributed by atoms with van der Waals surface area (Å²) in [6, 6.07) is 13.0. The van der Waals surface area contributed by atoms with Gasteiger partial charge in [-0.05, 0) is 43.7 Å². The van der Waals surface area contributed by atoms with E-state index >= 15 is 0 Å². The van der Waals surface area contributed by atoms with Gasteiger partial charge in [-0.1, -0.05) is 41.9 Å². The van der Waals surface area contributed by atoms with Crippen molar-refractivity contribution in [3.8, 4) is 0 Å². The second-order valence-corrected chi connectivity index (χ2v) is 5.01. The second-order valence-electron chi connectivity index (χ2n) is 4.60. The van der Waals surface area contributed by atoms with Crippen molar-refractivity contribution in [2.24, 2.45) is 0 Å². The van der Waals surface area contributed by atoms with Gasteiger partial charge in [0.15, 0.2) is 0 Å². The number of halogens is 2. The maximum absolute atomic E-state index is 13.9. The summed E-state index contributed by atoms with van der Waals surface area (Å²) in [5, 5.41) is 3.72. The Morgan fingerprint density at radius 3 is 2.53 bits per heavy atom. The van der Waals surface area contributed by atoms with Gasteiger partial charge in [-0.3, -0.25) is 0 Å². The van der Waals surface area contributed by atoms with Crippen molar-refractivity contribution in [1.29, 1.82) is 0 Å². The number of nitrogens with one attached hydrogen (secondary N) is 1. The van der Waals surface area contributed by atoms with Crippen molar-refractivity contribution < 1.29 is 4.39 Å². The maximum atomic E-state index is 13.9. The van der Waals surface area contributed by atoms with Crippen molar-refractivity contribution >= 4 is 11.6 Å². The van der Waals surface area contributed by atoms with Gasteiger partial charge in [0.05, 0.1) is 0 Å². The molecule has 1 nitrogen and oxygen atoms in total. The smallest absolute Gasteiger partial charge is 0.127 e. The number of hydrogen-bond acceptors (Lipinski definition) is 1. The lowest BCUT2D eigenvalue weighted by atomic mass is 9.95. The summed E-state index contributed by atoms with van der Waals surface area (Å²) in [5.41, 5.74) is 2.92. The molecule has 1 unspecified atom stereocenters. The molecule has 2 aromatic carbocycles. The molecule has 0 aromatic heterocycles. The molecule has 0 aliphatic heterocycles. The number of rotatable bonds is 4. The molecular formula is C16H17ClFN. The molecule has 1 N–H and O–H groups in total. The molecule has 0 fully saturated rings. The highest BCUT2D eigenvalue weighted by Crippen LogP contribution is 2.27. The van der Waals surface area contributed by atoms with E-state index in [0.29, 0.717) is 17.0 Å². The molecule has 0 bridgehead atoms. The van der Waals surface area contributed by atoms with Crippen LogP contribution < -0.4 is 5.32 Å². The monoisotopic (exact) mass is 277 g/mol. The predicted octanol–water partition coefficient (Wildman–Crippen LogP) is 4.29. The Morgan fingerprint density at radius 2 is 1.89 bits per heavy atom. The Bertz CT molecular complexity index is 548. The minimum Gasteiger partial charge on any atom is -0.313 e. The Kier molecular flexibility index (Phi) is 4.56. The molecule has 3 heteroatoms. The highest BCUT2D eigenvalue weighted by atomic mass is 35.5. The first kappa shape index (κ1) is 14.0. The Morgan fingerprint density at radius 1 is 1.16 bits per heavy atom. The van der Waals surface area contributed by atoms with Gasteiger partial charge in [-0.25, -0.2) is 4.39 Å². The average molecular weight is 278 g/mol. The molecule has 0 saturated carbocycles. The molecular weight excluding hydrogens is 261 g/mol. The minimum atomic E-state index is -0.249. The zero-order chi connectivity index (χ0) is 13.8. The standard InChI is InChI=1S/C16H17ClFN/c1-11-6-3-4-7-12(11)16(19-2)10-13-14(17)8-5-9-15(13)18/h3-9,16,19H,10H2,1-2H3. The van der Waals surface area contributed by atoms with Crippen molar-refractivity contribution in [2.75, 3.05) is 7.05 Å². The fourth-order valence-electron chi connectivity index (χ4n) is 2.28. The van der Waals surface area contributed by atoms with Crippen LogP contribution in [0.15, 0.2) is 42.5 Å². The molecule has 0 radical (unpaired) electrons. The molecule has 19 heavy (non-hydrogen) atoms. The first-order valence-corrected chi connectivity index (χ1v) is 6.67. The molecule has 0 aliphatic carbocycles. The highest BCUT2D eigenvalue weighted by molar-refractivity contribution is 6.31. The van der Waals surface area contributed by atoms with Gasteiger partial charge in [-0.2, -0.15) is 0 Å². The lowest BCUT2D eigenvalue weighted by Gasteiger charge is -2.20. The zero-order valence-electron chi connectivity index (χ0n) is 11.1. The van der Waals surface area contributed by atoms with E-state index in [1.54, 1.807) is 12.1 Å². The van der Waals surface area contributed by atoms with Crippen molar-refractivity contribution in [2.45, 2.75) is 19.4 Å². The Hall–Kier alpha value is -1.38. The van der Waals surface area contributed by atoms with Crippen LogP contribution in [-0.2, 0) is 6.42 Å². The summed E-state index contributed by atoms with van der Waals surface area (Å²) >= 11 is 6.09. The van der Waals surface area contributed by atoms with E-state index in [0.717, 1.165) is 0 Å². The van der Waals surface area contributed by atoms with Gasteiger partial charge in [-0.15, -0.1) is 0 Å². The molecule has 2 aromatic rings. The van der Waals surface area contributed by atoms with E-state index in [9.17, 15) is 4.39 Å². The van der Waals surface area contributed by atoms with E-state index in [1.807, 2.05) is 19.2 Å². The quantitative estimate of drug-likeness (QED) is 0.879. The highest BCUT2D eigenvalue weighted by Gasteiger charge is 2.16. The molecule has 0 heterocycles. The molecule has 2 rings (SSSR count). The minimum absolute atomic E-state index is 0.0515. The summed E-state index contributed by atoms with van der Waals surface area (Å²) in [7, 11) is 1.88. The van der Waals surface area contributed by atoms with Crippen LogP contribution in [-0.4, -0.2) is 7.05 Å². The second kappa shape index (κ2) is 6.18. The van der Waals surface area contributed by atoms with Gasteiger partial charge < -0.3 is 5.32 Å². The summed E-state index contributed by atoms with van der Waals surface area (Å²) in [4.78, 5) is 0. The van der Waals surface area contributed by atoms with Crippen LogP contribution in [0.5, 0.6) is 0 Å². The van der Waals surface area contributed by atoms with Crippen LogP contribution in [0.4, 0.5) is 4.39 Å². The van der Waals surface area contributed by atoms with Gasteiger partial charge in [0, 0.05) is 16.6 Å². The van der Waals surface area contributed by atoms with E-state index in [1.165, 1.54) is 17.2 Å². The van der Waals surface area contributed by atoms with E-state index < -0.39 is 0 Å². The largest absolute Gasteiger partial charge is 0.313 e. The Balaban J connectivity index is 2.32. The molecule has 100 valence electrons. The fraction of sp³-hybridized carbons (Fsp3) is 0.250. The van der Waals surface area contributed by atoms with Gasteiger partial charge in [0.1, 0.15) is 5.82 Å². The molecule has 0 saturated heterocycles.